The first-order chi connectivity index (χ1) is 15.7. The minimum atomic E-state index is -5.48. The van der Waals surface area contributed by atoms with Crippen LogP contribution in [-0.2, 0) is 0 Å². The van der Waals surface area contributed by atoms with Gasteiger partial charge in [-0.05, 0) is 44.6 Å². The van der Waals surface area contributed by atoms with E-state index in [2.05, 4.69) is 4.98 Å². The molecule has 1 aromatic carbocycles. The van der Waals surface area contributed by atoms with Crippen molar-refractivity contribution in [3.05, 3.63) is 38.3 Å². The number of anilines is 1. The molecule has 4 rings (SSSR count). The van der Waals surface area contributed by atoms with Gasteiger partial charge in [0, 0.05) is 30.7 Å². The average Bonchev–Trinajstić information content (AvgIpc) is 3.41. The molecule has 1 aliphatic carbocycles. The SMILES string of the molecule is Cc1c(N2CCC(C(N)CC(C(F)(F)F)C(F)(F)F)C2)c(F)cc2c(=O)[nH]c(=O)n(C3CC3)c12. The van der Waals surface area contributed by atoms with Crippen molar-refractivity contribution >= 4 is 16.6 Å². The number of halogens is 7. The van der Waals surface area contributed by atoms with Crippen LogP contribution in [0.2, 0.25) is 0 Å². The molecule has 2 aromatic rings. The van der Waals surface area contributed by atoms with Gasteiger partial charge < -0.3 is 10.6 Å². The molecule has 2 aliphatic rings. The Labute approximate surface area is 188 Å². The molecule has 188 valence electrons. The predicted octanol–water partition coefficient (Wildman–Crippen LogP) is 3.76. The molecule has 6 nitrogen and oxygen atoms in total. The summed E-state index contributed by atoms with van der Waals surface area (Å²) < 4.78 is 94.2. The highest BCUT2D eigenvalue weighted by atomic mass is 19.4. The normalized spacial score (nSPS) is 20.5. The molecular weight excluding hydrogens is 473 g/mol. The van der Waals surface area contributed by atoms with Gasteiger partial charge in [-0.25, -0.2) is 9.18 Å². The fourth-order valence-corrected chi connectivity index (χ4v) is 4.89. The molecule has 2 unspecified atom stereocenters. The molecule has 0 radical (unpaired) electrons. The number of nitrogens with zero attached hydrogens (tertiary/aromatic N) is 2. The molecule has 1 aromatic heterocycles. The van der Waals surface area contributed by atoms with Crippen molar-refractivity contribution in [3.8, 4) is 0 Å². The molecule has 2 heterocycles. The molecule has 0 amide bonds. The number of fused-ring (bicyclic) bond motifs is 1. The van der Waals surface area contributed by atoms with E-state index in [4.69, 9.17) is 5.73 Å². The summed E-state index contributed by atoms with van der Waals surface area (Å²) in [5.41, 5.74) is 5.06. The predicted molar refractivity (Wildman–Crippen MR) is 110 cm³/mol. The van der Waals surface area contributed by atoms with Crippen LogP contribution in [0.4, 0.5) is 36.4 Å². The van der Waals surface area contributed by atoms with Crippen molar-refractivity contribution in [1.29, 1.82) is 0 Å². The Morgan fingerprint density at radius 1 is 1.12 bits per heavy atom. The highest BCUT2D eigenvalue weighted by Crippen LogP contribution is 2.44. The molecular formula is C21H23F7N4O2. The van der Waals surface area contributed by atoms with Crippen LogP contribution >= 0.6 is 0 Å². The van der Waals surface area contributed by atoms with Gasteiger partial charge in [-0.2, -0.15) is 26.3 Å². The third-order valence-corrected chi connectivity index (χ3v) is 6.74. The Morgan fingerprint density at radius 2 is 1.74 bits per heavy atom. The molecule has 0 bridgehead atoms. The van der Waals surface area contributed by atoms with E-state index in [1.54, 1.807) is 0 Å². The Hall–Kier alpha value is -2.57. The summed E-state index contributed by atoms with van der Waals surface area (Å²) in [6.45, 7) is 1.64. The van der Waals surface area contributed by atoms with E-state index in [9.17, 15) is 35.9 Å². The maximum Gasteiger partial charge on any atom is 0.400 e. The van der Waals surface area contributed by atoms with E-state index in [1.807, 2.05) is 0 Å². The number of aryl methyl sites for hydroxylation is 1. The van der Waals surface area contributed by atoms with Crippen LogP contribution in [0.3, 0.4) is 0 Å². The number of aromatic amines is 1. The second kappa shape index (κ2) is 8.28. The molecule has 13 heteroatoms. The summed E-state index contributed by atoms with van der Waals surface area (Å²) in [5, 5.41) is -0.00380. The molecule has 2 fully saturated rings. The summed E-state index contributed by atoms with van der Waals surface area (Å²) in [6, 6.07) is -0.536. The lowest BCUT2D eigenvalue weighted by molar-refractivity contribution is -0.287. The fraction of sp³-hybridized carbons (Fsp3) is 0.619. The van der Waals surface area contributed by atoms with Crippen LogP contribution in [0, 0.1) is 24.6 Å². The molecule has 1 aliphatic heterocycles. The average molecular weight is 496 g/mol. The zero-order valence-electron chi connectivity index (χ0n) is 18.1. The van der Waals surface area contributed by atoms with Crippen molar-refractivity contribution in [1.82, 2.24) is 9.55 Å². The monoisotopic (exact) mass is 496 g/mol. The number of alkyl halides is 6. The lowest BCUT2D eigenvalue weighted by atomic mass is 9.89. The lowest BCUT2D eigenvalue weighted by Crippen LogP contribution is -2.43. The summed E-state index contributed by atoms with van der Waals surface area (Å²) in [5.74, 6) is -5.04. The lowest BCUT2D eigenvalue weighted by Gasteiger charge is -2.29. The minimum Gasteiger partial charge on any atom is -0.369 e. The molecule has 1 saturated heterocycles. The van der Waals surface area contributed by atoms with Gasteiger partial charge in [0.15, 0.2) is 5.92 Å². The summed E-state index contributed by atoms with van der Waals surface area (Å²) in [6.07, 6.45) is -10.7. The van der Waals surface area contributed by atoms with Crippen LogP contribution in [0.5, 0.6) is 0 Å². The number of nitrogens with one attached hydrogen (secondary N) is 1. The zero-order valence-corrected chi connectivity index (χ0v) is 18.1. The van der Waals surface area contributed by atoms with E-state index in [0.29, 0.717) is 18.4 Å². The summed E-state index contributed by atoms with van der Waals surface area (Å²) in [4.78, 5) is 28.4. The number of rotatable bonds is 5. The zero-order chi connectivity index (χ0) is 25.2. The highest BCUT2D eigenvalue weighted by molar-refractivity contribution is 5.87. The van der Waals surface area contributed by atoms with E-state index in [-0.39, 0.29) is 42.1 Å². The number of nitrogens with two attached hydrogens (primary N) is 1. The Morgan fingerprint density at radius 3 is 2.29 bits per heavy atom. The van der Waals surface area contributed by atoms with Gasteiger partial charge in [0.25, 0.3) is 5.56 Å². The Kier molecular flexibility index (Phi) is 5.98. The smallest absolute Gasteiger partial charge is 0.369 e. The van der Waals surface area contributed by atoms with Crippen molar-refractivity contribution in [2.24, 2.45) is 17.6 Å². The maximum atomic E-state index is 15.1. The first-order valence-electron chi connectivity index (χ1n) is 10.8. The number of benzene rings is 1. The van der Waals surface area contributed by atoms with Crippen LogP contribution in [0.15, 0.2) is 15.7 Å². The standard InChI is InChI=1S/C21H23F7N4O2/c1-9-16-12(18(33)30-19(34)32(16)11-2-3-11)6-13(22)17(9)31-5-4-10(8-31)14(29)7-15(20(23,24)25)21(26,27)28/h6,10-11,14-15H,2-5,7-8,29H2,1H3,(H,30,33,34). The quantitative estimate of drug-likeness (QED) is 0.618. The number of hydrogen-bond acceptors (Lipinski definition) is 4. The van der Waals surface area contributed by atoms with Crippen molar-refractivity contribution < 1.29 is 30.7 Å². The topological polar surface area (TPSA) is 84.1 Å². The van der Waals surface area contributed by atoms with Crippen molar-refractivity contribution in [2.45, 2.75) is 57.0 Å². The second-order valence-corrected chi connectivity index (χ2v) is 9.12. The number of aromatic nitrogens is 2. The third kappa shape index (κ3) is 4.41. The number of hydrogen-bond donors (Lipinski definition) is 2. The molecule has 34 heavy (non-hydrogen) atoms. The van der Waals surface area contributed by atoms with Gasteiger partial charge in [-0.3, -0.25) is 14.3 Å². The van der Waals surface area contributed by atoms with Crippen LogP contribution in [0.25, 0.3) is 10.9 Å². The molecule has 3 N–H and O–H groups in total. The number of H-pyrrole nitrogens is 1. The largest absolute Gasteiger partial charge is 0.400 e. The Bertz CT molecular complexity index is 1200. The minimum absolute atomic E-state index is 0.00380. The maximum absolute atomic E-state index is 15.1. The first kappa shape index (κ1) is 24.6. The van der Waals surface area contributed by atoms with Gasteiger partial charge >= 0.3 is 18.0 Å². The molecule has 1 saturated carbocycles. The second-order valence-electron chi connectivity index (χ2n) is 9.12. The van der Waals surface area contributed by atoms with E-state index >= 15 is 4.39 Å². The molecule has 2 atom stereocenters. The van der Waals surface area contributed by atoms with Crippen molar-refractivity contribution in [2.75, 3.05) is 18.0 Å². The van der Waals surface area contributed by atoms with Crippen LogP contribution < -0.4 is 21.9 Å². The van der Waals surface area contributed by atoms with E-state index in [1.165, 1.54) is 16.4 Å². The summed E-state index contributed by atoms with van der Waals surface area (Å²) >= 11 is 0. The third-order valence-electron chi connectivity index (χ3n) is 6.74. The van der Waals surface area contributed by atoms with E-state index < -0.39 is 53.7 Å². The fourth-order valence-electron chi connectivity index (χ4n) is 4.89. The Balaban J connectivity index is 1.65. The van der Waals surface area contributed by atoms with Gasteiger partial charge in [0.1, 0.15) is 5.82 Å². The first-order valence-corrected chi connectivity index (χ1v) is 10.8. The van der Waals surface area contributed by atoms with Gasteiger partial charge in [-0.15, -0.1) is 0 Å². The molecule has 0 spiro atoms. The van der Waals surface area contributed by atoms with E-state index in [0.717, 1.165) is 6.07 Å². The van der Waals surface area contributed by atoms with Crippen LogP contribution in [-0.4, -0.2) is 41.0 Å². The summed E-state index contributed by atoms with van der Waals surface area (Å²) in [7, 11) is 0. The van der Waals surface area contributed by atoms with Gasteiger partial charge in [-0.1, -0.05) is 0 Å². The van der Waals surface area contributed by atoms with Gasteiger partial charge in [0.2, 0.25) is 0 Å². The van der Waals surface area contributed by atoms with Gasteiger partial charge in [0.05, 0.1) is 16.6 Å². The van der Waals surface area contributed by atoms with Crippen molar-refractivity contribution in [3.63, 3.8) is 0 Å². The van der Waals surface area contributed by atoms with Crippen LogP contribution in [0.1, 0.15) is 37.3 Å². The highest BCUT2D eigenvalue weighted by Gasteiger charge is 2.57.